The Morgan fingerprint density at radius 3 is 2.31 bits per heavy atom. The normalized spacial score (nSPS) is 10.2. The zero-order chi connectivity index (χ0) is 12.2. The maximum atomic E-state index is 10.8. The van der Waals surface area contributed by atoms with Crippen molar-refractivity contribution in [1.29, 1.82) is 0 Å². The summed E-state index contributed by atoms with van der Waals surface area (Å²) in [5, 5.41) is 12.1. The topological polar surface area (TPSA) is 49.3 Å². The first-order valence-electron chi connectivity index (χ1n) is 5.00. The fourth-order valence-corrected chi connectivity index (χ4v) is 1.07. The number of anilines is 1. The summed E-state index contributed by atoms with van der Waals surface area (Å²) in [6, 6.07) is 7.14. The Morgan fingerprint density at radius 2 is 1.88 bits per heavy atom. The Labute approximate surface area is 95.5 Å². The van der Waals surface area contributed by atoms with Crippen molar-refractivity contribution < 1.29 is 9.90 Å². The minimum Gasteiger partial charge on any atom is -0.378 e. The van der Waals surface area contributed by atoms with E-state index in [-0.39, 0.29) is 5.91 Å². The Hall–Kier alpha value is -1.79. The predicted octanol–water partition coefficient (Wildman–Crippen LogP) is 1.77. The third kappa shape index (κ3) is 4.63. The van der Waals surface area contributed by atoms with Crippen molar-refractivity contribution in [2.45, 2.75) is 26.4 Å². The van der Waals surface area contributed by atoms with Gasteiger partial charge < -0.3 is 10.4 Å². The highest BCUT2D eigenvalue weighted by Gasteiger charge is 2.05. The molecule has 0 radical (unpaired) electrons. The number of hydrogen-bond donors (Lipinski definition) is 2. The van der Waals surface area contributed by atoms with Crippen molar-refractivity contribution in [3.63, 3.8) is 0 Å². The first-order valence-corrected chi connectivity index (χ1v) is 5.00. The molecule has 3 heteroatoms. The van der Waals surface area contributed by atoms with Crippen LogP contribution in [0.5, 0.6) is 0 Å². The molecule has 0 saturated carbocycles. The van der Waals surface area contributed by atoms with Gasteiger partial charge in [-0.05, 0) is 38.1 Å². The highest BCUT2D eigenvalue weighted by atomic mass is 16.3. The smallest absolute Gasteiger partial charge is 0.221 e. The van der Waals surface area contributed by atoms with E-state index in [0.717, 1.165) is 11.3 Å². The van der Waals surface area contributed by atoms with Gasteiger partial charge in [0, 0.05) is 18.2 Å². The highest BCUT2D eigenvalue weighted by Crippen LogP contribution is 2.09. The van der Waals surface area contributed by atoms with Gasteiger partial charge in [0.2, 0.25) is 5.91 Å². The average molecular weight is 217 g/mol. The first kappa shape index (κ1) is 12.3. The molecule has 1 aromatic rings. The summed E-state index contributed by atoms with van der Waals surface area (Å²) < 4.78 is 0. The maximum Gasteiger partial charge on any atom is 0.221 e. The lowest BCUT2D eigenvalue weighted by Gasteiger charge is -2.06. The lowest BCUT2D eigenvalue weighted by atomic mass is 10.1. The van der Waals surface area contributed by atoms with Crippen LogP contribution in [0.15, 0.2) is 24.3 Å². The van der Waals surface area contributed by atoms with Crippen LogP contribution in [0, 0.1) is 11.8 Å². The fraction of sp³-hybridized carbons (Fsp3) is 0.308. The molecule has 84 valence electrons. The van der Waals surface area contributed by atoms with Crippen LogP contribution in [0.4, 0.5) is 5.69 Å². The second kappa shape index (κ2) is 4.82. The molecule has 0 heterocycles. The van der Waals surface area contributed by atoms with Crippen LogP contribution in [0.3, 0.4) is 0 Å². The van der Waals surface area contributed by atoms with Crippen molar-refractivity contribution in [3.8, 4) is 11.8 Å². The van der Waals surface area contributed by atoms with E-state index in [1.54, 1.807) is 38.1 Å². The molecule has 0 saturated heterocycles. The van der Waals surface area contributed by atoms with Gasteiger partial charge in [-0.2, -0.15) is 0 Å². The number of nitrogens with one attached hydrogen (secondary N) is 1. The minimum atomic E-state index is -0.990. The molecule has 0 aromatic heterocycles. The van der Waals surface area contributed by atoms with Crippen LogP contribution in [0.1, 0.15) is 26.3 Å². The number of carbonyl (C=O) groups excluding carboxylic acids is 1. The molecule has 16 heavy (non-hydrogen) atoms. The number of aliphatic hydroxyl groups is 1. The summed E-state index contributed by atoms with van der Waals surface area (Å²) in [4.78, 5) is 10.8. The zero-order valence-corrected chi connectivity index (χ0v) is 9.66. The fourth-order valence-electron chi connectivity index (χ4n) is 1.07. The quantitative estimate of drug-likeness (QED) is 0.704. The summed E-state index contributed by atoms with van der Waals surface area (Å²) in [6.45, 7) is 4.72. The SMILES string of the molecule is CC(=O)Nc1ccc(C#CC(C)(C)O)cc1. The molecule has 0 fully saturated rings. The molecule has 0 spiro atoms. The number of rotatable bonds is 1. The summed E-state index contributed by atoms with van der Waals surface area (Å²) in [6.07, 6.45) is 0. The molecule has 3 nitrogen and oxygen atoms in total. The van der Waals surface area contributed by atoms with E-state index in [1.807, 2.05) is 0 Å². The molecule has 0 aliphatic rings. The molecular weight excluding hydrogens is 202 g/mol. The average Bonchev–Trinajstić information content (AvgIpc) is 2.14. The second-order valence-electron chi connectivity index (χ2n) is 4.07. The van der Waals surface area contributed by atoms with Gasteiger partial charge in [0.15, 0.2) is 0 Å². The molecule has 0 aliphatic carbocycles. The molecule has 0 bridgehead atoms. The lowest BCUT2D eigenvalue weighted by molar-refractivity contribution is -0.114. The van der Waals surface area contributed by atoms with E-state index in [2.05, 4.69) is 17.2 Å². The largest absolute Gasteiger partial charge is 0.378 e. The van der Waals surface area contributed by atoms with Crippen LogP contribution >= 0.6 is 0 Å². The van der Waals surface area contributed by atoms with Gasteiger partial charge in [0.1, 0.15) is 5.60 Å². The third-order valence-electron chi connectivity index (χ3n) is 1.72. The maximum absolute atomic E-state index is 10.8. The third-order valence-corrected chi connectivity index (χ3v) is 1.72. The molecule has 2 N–H and O–H groups in total. The van der Waals surface area contributed by atoms with Crippen LogP contribution in [0.25, 0.3) is 0 Å². The Morgan fingerprint density at radius 1 is 1.31 bits per heavy atom. The summed E-state index contributed by atoms with van der Waals surface area (Å²) >= 11 is 0. The number of hydrogen-bond acceptors (Lipinski definition) is 2. The Kier molecular flexibility index (Phi) is 3.70. The van der Waals surface area contributed by atoms with Crippen molar-refractivity contribution >= 4 is 11.6 Å². The van der Waals surface area contributed by atoms with Crippen molar-refractivity contribution in [2.75, 3.05) is 5.32 Å². The number of amides is 1. The summed E-state index contributed by atoms with van der Waals surface area (Å²) in [7, 11) is 0. The van der Waals surface area contributed by atoms with Gasteiger partial charge in [-0.25, -0.2) is 0 Å². The van der Waals surface area contributed by atoms with E-state index in [0.29, 0.717) is 0 Å². The highest BCUT2D eigenvalue weighted by molar-refractivity contribution is 5.88. The van der Waals surface area contributed by atoms with Crippen LogP contribution in [-0.2, 0) is 4.79 Å². The van der Waals surface area contributed by atoms with Gasteiger partial charge in [0.05, 0.1) is 0 Å². The van der Waals surface area contributed by atoms with Crippen molar-refractivity contribution in [1.82, 2.24) is 0 Å². The van der Waals surface area contributed by atoms with E-state index in [4.69, 9.17) is 0 Å². The molecule has 1 aromatic carbocycles. The van der Waals surface area contributed by atoms with Crippen LogP contribution < -0.4 is 5.32 Å². The zero-order valence-electron chi connectivity index (χ0n) is 9.66. The lowest BCUT2D eigenvalue weighted by Crippen LogP contribution is -2.14. The van der Waals surface area contributed by atoms with Gasteiger partial charge in [-0.1, -0.05) is 11.8 Å². The molecular formula is C13H15NO2. The van der Waals surface area contributed by atoms with E-state index in [1.165, 1.54) is 6.92 Å². The first-order chi connectivity index (χ1) is 7.37. The predicted molar refractivity (Wildman–Crippen MR) is 63.9 cm³/mol. The van der Waals surface area contributed by atoms with E-state index < -0.39 is 5.60 Å². The van der Waals surface area contributed by atoms with Gasteiger partial charge in [0.25, 0.3) is 0 Å². The Bertz CT molecular complexity index is 430. The van der Waals surface area contributed by atoms with Gasteiger partial charge >= 0.3 is 0 Å². The standard InChI is InChI=1S/C13H15NO2/c1-10(15)14-12-6-4-11(5-7-12)8-9-13(2,3)16/h4-7,16H,1-3H3,(H,14,15). The summed E-state index contributed by atoms with van der Waals surface area (Å²) in [5.74, 6) is 5.47. The van der Waals surface area contributed by atoms with Crippen molar-refractivity contribution in [3.05, 3.63) is 29.8 Å². The van der Waals surface area contributed by atoms with E-state index >= 15 is 0 Å². The van der Waals surface area contributed by atoms with E-state index in [9.17, 15) is 9.90 Å². The van der Waals surface area contributed by atoms with Crippen LogP contribution in [0.2, 0.25) is 0 Å². The number of benzene rings is 1. The minimum absolute atomic E-state index is 0.102. The van der Waals surface area contributed by atoms with Crippen LogP contribution in [-0.4, -0.2) is 16.6 Å². The Balaban J connectivity index is 2.78. The second-order valence-corrected chi connectivity index (χ2v) is 4.07. The number of carbonyl (C=O) groups is 1. The van der Waals surface area contributed by atoms with Crippen molar-refractivity contribution in [2.24, 2.45) is 0 Å². The molecule has 0 unspecified atom stereocenters. The molecule has 1 amide bonds. The summed E-state index contributed by atoms with van der Waals surface area (Å²) in [5.41, 5.74) is 0.550. The molecule has 0 aliphatic heterocycles. The van der Waals surface area contributed by atoms with Gasteiger partial charge in [-0.3, -0.25) is 4.79 Å². The monoisotopic (exact) mass is 217 g/mol. The molecule has 0 atom stereocenters. The van der Waals surface area contributed by atoms with Gasteiger partial charge in [-0.15, -0.1) is 0 Å². The molecule has 1 rings (SSSR count).